The second kappa shape index (κ2) is 3.71. The minimum atomic E-state index is -0.767. The van der Waals surface area contributed by atoms with Crippen LogP contribution in [0.1, 0.15) is 10.4 Å². The van der Waals surface area contributed by atoms with Gasteiger partial charge in [-0.2, -0.15) is 0 Å². The third-order valence-electron chi connectivity index (χ3n) is 1.59. The summed E-state index contributed by atoms with van der Waals surface area (Å²) in [6.45, 7) is 0. The molecule has 0 heterocycles. The van der Waals surface area contributed by atoms with Crippen molar-refractivity contribution >= 4 is 12.1 Å². The largest absolute Gasteiger partial charge is 0.504 e. The van der Waals surface area contributed by atoms with Crippen molar-refractivity contribution in [2.45, 2.75) is 0 Å². The van der Waals surface area contributed by atoms with Gasteiger partial charge in [-0.15, -0.1) is 0 Å². The number of ketones is 1. The second-order valence-electron chi connectivity index (χ2n) is 2.34. The molecule has 0 fully saturated rings. The lowest BCUT2D eigenvalue weighted by Crippen LogP contribution is -2.00. The van der Waals surface area contributed by atoms with Gasteiger partial charge in [-0.1, -0.05) is 6.07 Å². The van der Waals surface area contributed by atoms with Crippen LogP contribution in [-0.4, -0.2) is 24.3 Å². The predicted octanol–water partition coefficient (Wildman–Crippen LogP) is 0.782. The number of aldehydes is 1. The van der Waals surface area contributed by atoms with Crippen LogP contribution < -0.4 is 4.74 Å². The van der Waals surface area contributed by atoms with E-state index >= 15 is 0 Å². The fourth-order valence-electron chi connectivity index (χ4n) is 0.949. The monoisotopic (exact) mass is 180 g/mol. The summed E-state index contributed by atoms with van der Waals surface area (Å²) in [5, 5.41) is 9.39. The Labute approximate surface area is 74.8 Å². The fourth-order valence-corrected chi connectivity index (χ4v) is 0.949. The SMILES string of the molecule is COc1cccc(C(=O)C=O)c1O. The van der Waals surface area contributed by atoms with Gasteiger partial charge in [-0.05, 0) is 12.1 Å². The number of Topliss-reactive ketones (excluding diaryl/α,β-unsaturated/α-hetero) is 1. The van der Waals surface area contributed by atoms with Crippen molar-refractivity contribution in [1.29, 1.82) is 0 Å². The minimum Gasteiger partial charge on any atom is -0.504 e. The van der Waals surface area contributed by atoms with Crippen LogP contribution in [0.15, 0.2) is 18.2 Å². The molecule has 13 heavy (non-hydrogen) atoms. The maximum absolute atomic E-state index is 10.9. The molecule has 1 N–H and O–H groups in total. The molecular weight excluding hydrogens is 172 g/mol. The molecule has 0 aromatic heterocycles. The van der Waals surface area contributed by atoms with Gasteiger partial charge in [0, 0.05) is 0 Å². The third-order valence-corrected chi connectivity index (χ3v) is 1.59. The number of hydrogen-bond donors (Lipinski definition) is 1. The van der Waals surface area contributed by atoms with Gasteiger partial charge in [0.1, 0.15) is 0 Å². The molecule has 68 valence electrons. The van der Waals surface area contributed by atoms with Crippen molar-refractivity contribution in [1.82, 2.24) is 0 Å². The summed E-state index contributed by atoms with van der Waals surface area (Å²) in [5.41, 5.74) is -0.0469. The summed E-state index contributed by atoms with van der Waals surface area (Å²) in [4.78, 5) is 21.1. The fraction of sp³-hybridized carbons (Fsp3) is 0.111. The van der Waals surface area contributed by atoms with Gasteiger partial charge in [-0.3, -0.25) is 9.59 Å². The molecule has 4 nitrogen and oxygen atoms in total. The van der Waals surface area contributed by atoms with Crippen LogP contribution in [0.3, 0.4) is 0 Å². The first kappa shape index (κ1) is 9.25. The minimum absolute atomic E-state index is 0.0469. The van der Waals surface area contributed by atoms with E-state index in [0.717, 1.165) is 0 Å². The maximum atomic E-state index is 10.9. The molecule has 1 aromatic carbocycles. The molecule has 0 spiro atoms. The van der Waals surface area contributed by atoms with Crippen molar-refractivity contribution in [3.8, 4) is 11.5 Å². The Kier molecular flexibility index (Phi) is 2.64. The number of phenolic OH excluding ortho intramolecular Hbond substituents is 1. The average molecular weight is 180 g/mol. The Bertz CT molecular complexity index is 343. The summed E-state index contributed by atoms with van der Waals surface area (Å²) in [5.74, 6) is -0.897. The van der Waals surface area contributed by atoms with Crippen molar-refractivity contribution in [2.75, 3.05) is 7.11 Å². The van der Waals surface area contributed by atoms with E-state index < -0.39 is 5.78 Å². The van der Waals surface area contributed by atoms with Crippen LogP contribution in [0.5, 0.6) is 11.5 Å². The number of hydrogen-bond acceptors (Lipinski definition) is 4. The molecule has 0 bridgehead atoms. The topological polar surface area (TPSA) is 63.6 Å². The molecule has 1 rings (SSSR count). The van der Waals surface area contributed by atoms with E-state index in [9.17, 15) is 14.7 Å². The van der Waals surface area contributed by atoms with Crippen LogP contribution in [0.2, 0.25) is 0 Å². The van der Waals surface area contributed by atoms with Crippen molar-refractivity contribution in [3.05, 3.63) is 23.8 Å². The zero-order valence-corrected chi connectivity index (χ0v) is 6.98. The van der Waals surface area contributed by atoms with Gasteiger partial charge in [0.25, 0.3) is 0 Å². The van der Waals surface area contributed by atoms with E-state index in [2.05, 4.69) is 0 Å². The predicted molar refractivity (Wildman–Crippen MR) is 45.1 cm³/mol. The van der Waals surface area contributed by atoms with E-state index in [1.165, 1.54) is 25.3 Å². The molecule has 0 saturated carbocycles. The number of para-hydroxylation sites is 1. The van der Waals surface area contributed by atoms with Crippen molar-refractivity contribution in [3.63, 3.8) is 0 Å². The van der Waals surface area contributed by atoms with Gasteiger partial charge in [0.05, 0.1) is 12.7 Å². The molecule has 0 radical (unpaired) electrons. The Morgan fingerprint density at radius 2 is 2.23 bits per heavy atom. The quantitative estimate of drug-likeness (QED) is 0.424. The molecule has 4 heteroatoms. The van der Waals surface area contributed by atoms with E-state index in [0.29, 0.717) is 0 Å². The van der Waals surface area contributed by atoms with Crippen LogP contribution in [0.25, 0.3) is 0 Å². The lowest BCUT2D eigenvalue weighted by molar-refractivity contribution is -0.104. The number of phenols is 1. The standard InChI is InChI=1S/C9H8O4/c1-13-8-4-2-3-6(9(8)12)7(11)5-10/h2-5,12H,1H3. The highest BCUT2D eigenvalue weighted by Gasteiger charge is 2.13. The van der Waals surface area contributed by atoms with Gasteiger partial charge in [0.2, 0.25) is 5.78 Å². The number of methoxy groups -OCH3 is 1. The highest BCUT2D eigenvalue weighted by atomic mass is 16.5. The molecule has 0 aliphatic rings. The zero-order valence-electron chi connectivity index (χ0n) is 6.98. The summed E-state index contributed by atoms with van der Waals surface area (Å²) < 4.78 is 4.76. The first-order chi connectivity index (χ1) is 6.20. The van der Waals surface area contributed by atoms with Crippen molar-refractivity contribution in [2.24, 2.45) is 0 Å². The summed E-state index contributed by atoms with van der Waals surface area (Å²) in [6, 6.07) is 4.38. The summed E-state index contributed by atoms with van der Waals surface area (Å²) in [6.07, 6.45) is 0.147. The van der Waals surface area contributed by atoms with E-state index in [-0.39, 0.29) is 23.3 Å². The van der Waals surface area contributed by atoms with Crippen LogP contribution in [0, 0.1) is 0 Å². The number of aromatic hydroxyl groups is 1. The number of ether oxygens (including phenoxy) is 1. The Hall–Kier alpha value is -1.84. The highest BCUT2D eigenvalue weighted by molar-refractivity contribution is 6.34. The molecule has 0 aliphatic carbocycles. The number of carbonyl (C=O) groups excluding carboxylic acids is 2. The number of carbonyl (C=O) groups is 2. The van der Waals surface area contributed by atoms with E-state index in [1.807, 2.05) is 0 Å². The summed E-state index contributed by atoms with van der Waals surface area (Å²) >= 11 is 0. The Morgan fingerprint density at radius 3 is 2.77 bits per heavy atom. The van der Waals surface area contributed by atoms with E-state index in [4.69, 9.17) is 4.74 Å². The zero-order chi connectivity index (χ0) is 9.84. The number of benzene rings is 1. The molecule has 0 amide bonds. The maximum Gasteiger partial charge on any atom is 0.229 e. The lowest BCUT2D eigenvalue weighted by Gasteiger charge is -2.04. The average Bonchev–Trinajstić information content (AvgIpc) is 2.17. The first-order valence-corrected chi connectivity index (χ1v) is 3.56. The third kappa shape index (κ3) is 1.66. The van der Waals surface area contributed by atoms with Gasteiger partial charge in [0.15, 0.2) is 17.8 Å². The van der Waals surface area contributed by atoms with E-state index in [1.54, 1.807) is 0 Å². The lowest BCUT2D eigenvalue weighted by atomic mass is 10.1. The Morgan fingerprint density at radius 1 is 1.54 bits per heavy atom. The van der Waals surface area contributed by atoms with Gasteiger partial charge in [-0.25, -0.2) is 0 Å². The van der Waals surface area contributed by atoms with Crippen LogP contribution in [-0.2, 0) is 4.79 Å². The number of rotatable bonds is 3. The molecule has 0 saturated heterocycles. The van der Waals surface area contributed by atoms with Gasteiger partial charge < -0.3 is 9.84 Å². The molecule has 0 atom stereocenters. The van der Waals surface area contributed by atoms with Crippen LogP contribution >= 0.6 is 0 Å². The second-order valence-corrected chi connectivity index (χ2v) is 2.34. The molecule has 0 unspecified atom stereocenters. The highest BCUT2D eigenvalue weighted by Crippen LogP contribution is 2.29. The molecular formula is C9H8O4. The van der Waals surface area contributed by atoms with Gasteiger partial charge >= 0.3 is 0 Å². The smallest absolute Gasteiger partial charge is 0.229 e. The molecule has 1 aromatic rings. The first-order valence-electron chi connectivity index (χ1n) is 3.56. The van der Waals surface area contributed by atoms with Crippen molar-refractivity contribution < 1.29 is 19.4 Å². The van der Waals surface area contributed by atoms with Crippen LogP contribution in [0.4, 0.5) is 0 Å². The molecule has 0 aliphatic heterocycles. The Balaban J connectivity index is 3.22. The normalized spacial score (nSPS) is 9.31. The summed E-state index contributed by atoms with van der Waals surface area (Å²) in [7, 11) is 1.37.